The molecule has 3 rings (SSSR count). The predicted molar refractivity (Wildman–Crippen MR) is 151 cm³/mol. The molecule has 0 saturated carbocycles. The van der Waals surface area contributed by atoms with Crippen molar-refractivity contribution in [2.75, 3.05) is 10.8 Å². The maximum atomic E-state index is 13.9. The van der Waals surface area contributed by atoms with E-state index >= 15 is 0 Å². The zero-order valence-electron chi connectivity index (χ0n) is 22.6. The van der Waals surface area contributed by atoms with E-state index < -0.39 is 45.8 Å². The fourth-order valence-electron chi connectivity index (χ4n) is 3.89. The van der Waals surface area contributed by atoms with Crippen molar-refractivity contribution in [1.82, 2.24) is 10.2 Å². The molecular weight excluding hydrogens is 541 g/mol. The number of nitrogens with one attached hydrogen (secondary N) is 1. The Balaban J connectivity index is 2.03. The second kappa shape index (κ2) is 12.2. The third-order valence-electron chi connectivity index (χ3n) is 5.90. The first-order valence-electron chi connectivity index (χ1n) is 12.4. The van der Waals surface area contributed by atoms with Crippen LogP contribution >= 0.6 is 11.6 Å². The van der Waals surface area contributed by atoms with Crippen LogP contribution in [0.2, 0.25) is 5.02 Å². The van der Waals surface area contributed by atoms with Gasteiger partial charge in [0.2, 0.25) is 11.8 Å². The molecule has 0 bridgehead atoms. The molecule has 1 atom stereocenters. The molecule has 2 amide bonds. The standard InChI is InChI=1S/C29H33ClFN3O4S/c1-20-7-6-8-25(17-20)34(39(37,38)26-15-11-23(30)12-16-26)19-27(35)33(18-22-9-13-24(31)14-10-22)21(2)28(36)32-29(3,4)5/h6-17,21H,18-19H2,1-5H3,(H,32,36). The number of anilines is 1. The highest BCUT2D eigenvalue weighted by atomic mass is 35.5. The summed E-state index contributed by atoms with van der Waals surface area (Å²) in [6.07, 6.45) is 0. The fourth-order valence-corrected chi connectivity index (χ4v) is 5.42. The Bertz CT molecular complexity index is 1420. The minimum atomic E-state index is -4.19. The van der Waals surface area contributed by atoms with Crippen LogP contribution in [-0.2, 0) is 26.2 Å². The van der Waals surface area contributed by atoms with Gasteiger partial charge in [-0.3, -0.25) is 13.9 Å². The maximum Gasteiger partial charge on any atom is 0.264 e. The summed E-state index contributed by atoms with van der Waals surface area (Å²) in [6.45, 7) is 8.26. The van der Waals surface area contributed by atoms with Gasteiger partial charge in [-0.1, -0.05) is 35.9 Å². The van der Waals surface area contributed by atoms with E-state index in [1.165, 1.54) is 53.4 Å². The number of benzene rings is 3. The van der Waals surface area contributed by atoms with E-state index in [0.29, 0.717) is 16.3 Å². The number of sulfonamides is 1. The third-order valence-corrected chi connectivity index (χ3v) is 7.94. The minimum absolute atomic E-state index is 0.0273. The summed E-state index contributed by atoms with van der Waals surface area (Å²) in [5.41, 5.74) is 1.13. The number of nitrogens with zero attached hydrogens (tertiary/aromatic N) is 2. The van der Waals surface area contributed by atoms with Gasteiger partial charge in [-0.2, -0.15) is 0 Å². The van der Waals surface area contributed by atoms with Crippen molar-refractivity contribution >= 4 is 39.1 Å². The Morgan fingerprint density at radius 2 is 1.62 bits per heavy atom. The Labute approximate surface area is 234 Å². The average Bonchev–Trinajstić information content (AvgIpc) is 2.85. The molecular formula is C29H33ClFN3O4S. The lowest BCUT2D eigenvalue weighted by atomic mass is 10.1. The van der Waals surface area contributed by atoms with Gasteiger partial charge < -0.3 is 10.2 Å². The van der Waals surface area contributed by atoms with Crippen molar-refractivity contribution in [3.8, 4) is 0 Å². The van der Waals surface area contributed by atoms with E-state index in [1.807, 2.05) is 33.8 Å². The monoisotopic (exact) mass is 573 g/mol. The molecule has 0 spiro atoms. The number of aryl methyl sites for hydroxylation is 1. The Morgan fingerprint density at radius 3 is 2.18 bits per heavy atom. The van der Waals surface area contributed by atoms with Crippen LogP contribution < -0.4 is 9.62 Å². The number of halogens is 2. The smallest absolute Gasteiger partial charge is 0.264 e. The molecule has 208 valence electrons. The lowest BCUT2D eigenvalue weighted by Crippen LogP contribution is -2.54. The van der Waals surface area contributed by atoms with Gasteiger partial charge in [-0.25, -0.2) is 12.8 Å². The van der Waals surface area contributed by atoms with Crippen LogP contribution in [0.1, 0.15) is 38.8 Å². The number of carbonyl (C=O) groups is 2. The Kier molecular flexibility index (Phi) is 9.40. The molecule has 7 nitrogen and oxygen atoms in total. The van der Waals surface area contributed by atoms with Crippen molar-refractivity contribution in [1.29, 1.82) is 0 Å². The van der Waals surface area contributed by atoms with Crippen LogP contribution in [-0.4, -0.2) is 43.3 Å². The zero-order valence-corrected chi connectivity index (χ0v) is 24.2. The summed E-state index contributed by atoms with van der Waals surface area (Å²) < 4.78 is 42.1. The predicted octanol–water partition coefficient (Wildman–Crippen LogP) is 5.31. The molecule has 0 saturated heterocycles. The van der Waals surface area contributed by atoms with Crippen LogP contribution in [0.4, 0.5) is 10.1 Å². The summed E-state index contributed by atoms with van der Waals surface area (Å²) in [5, 5.41) is 3.24. The molecule has 0 fully saturated rings. The minimum Gasteiger partial charge on any atom is -0.350 e. The van der Waals surface area contributed by atoms with E-state index in [0.717, 1.165) is 9.87 Å². The number of amides is 2. The van der Waals surface area contributed by atoms with Gasteiger partial charge in [-0.05, 0) is 94.3 Å². The highest BCUT2D eigenvalue weighted by Gasteiger charge is 2.33. The van der Waals surface area contributed by atoms with Crippen LogP contribution in [0.25, 0.3) is 0 Å². The van der Waals surface area contributed by atoms with Crippen LogP contribution in [0, 0.1) is 12.7 Å². The zero-order chi connectivity index (χ0) is 29.0. The molecule has 0 aliphatic rings. The molecule has 10 heteroatoms. The van der Waals surface area contributed by atoms with Crippen LogP contribution in [0.3, 0.4) is 0 Å². The Morgan fingerprint density at radius 1 is 1.00 bits per heavy atom. The topological polar surface area (TPSA) is 86.8 Å². The normalized spacial score (nSPS) is 12.5. The number of hydrogen-bond donors (Lipinski definition) is 1. The second-order valence-electron chi connectivity index (χ2n) is 10.4. The molecule has 1 unspecified atom stereocenters. The molecule has 0 aliphatic carbocycles. The van der Waals surface area contributed by atoms with Gasteiger partial charge in [0, 0.05) is 17.1 Å². The average molecular weight is 574 g/mol. The first kappa shape index (κ1) is 30.1. The maximum absolute atomic E-state index is 13.9. The van der Waals surface area contributed by atoms with E-state index in [-0.39, 0.29) is 11.4 Å². The summed E-state index contributed by atoms with van der Waals surface area (Å²) in [4.78, 5) is 28.2. The summed E-state index contributed by atoms with van der Waals surface area (Å²) in [6, 6.07) is 17.1. The van der Waals surface area contributed by atoms with Crippen molar-refractivity contribution in [3.63, 3.8) is 0 Å². The highest BCUT2D eigenvalue weighted by molar-refractivity contribution is 7.92. The van der Waals surface area contributed by atoms with Crippen LogP contribution in [0.5, 0.6) is 0 Å². The number of carbonyl (C=O) groups excluding carboxylic acids is 2. The number of hydrogen-bond acceptors (Lipinski definition) is 4. The molecule has 1 N–H and O–H groups in total. The van der Waals surface area contributed by atoms with E-state index in [1.54, 1.807) is 25.1 Å². The van der Waals surface area contributed by atoms with Gasteiger partial charge in [0.25, 0.3) is 10.0 Å². The number of rotatable bonds is 9. The lowest BCUT2D eigenvalue weighted by molar-refractivity contribution is -0.140. The van der Waals surface area contributed by atoms with Crippen molar-refractivity contribution in [2.24, 2.45) is 0 Å². The molecule has 3 aromatic rings. The third kappa shape index (κ3) is 8.03. The van der Waals surface area contributed by atoms with Gasteiger partial charge in [0.05, 0.1) is 10.6 Å². The first-order chi connectivity index (χ1) is 18.2. The molecule has 3 aromatic carbocycles. The lowest BCUT2D eigenvalue weighted by Gasteiger charge is -2.33. The van der Waals surface area contributed by atoms with Gasteiger partial charge in [0.15, 0.2) is 0 Å². The quantitative estimate of drug-likeness (QED) is 0.376. The summed E-state index contributed by atoms with van der Waals surface area (Å²) in [7, 11) is -4.19. The van der Waals surface area contributed by atoms with Crippen molar-refractivity contribution in [3.05, 3.63) is 94.8 Å². The second-order valence-corrected chi connectivity index (χ2v) is 12.7. The fraction of sp³-hybridized carbons (Fsp3) is 0.310. The molecule has 0 aromatic heterocycles. The van der Waals surface area contributed by atoms with Crippen LogP contribution in [0.15, 0.2) is 77.7 Å². The van der Waals surface area contributed by atoms with Crippen molar-refractivity contribution in [2.45, 2.75) is 57.6 Å². The molecule has 0 radical (unpaired) electrons. The first-order valence-corrected chi connectivity index (χ1v) is 14.2. The molecule has 39 heavy (non-hydrogen) atoms. The van der Waals surface area contributed by atoms with E-state index in [9.17, 15) is 22.4 Å². The Hall–Kier alpha value is -3.43. The van der Waals surface area contributed by atoms with Gasteiger partial charge >= 0.3 is 0 Å². The SMILES string of the molecule is Cc1cccc(N(CC(=O)N(Cc2ccc(F)cc2)C(C)C(=O)NC(C)(C)C)S(=O)(=O)c2ccc(Cl)cc2)c1. The molecule has 0 heterocycles. The molecule has 0 aliphatic heterocycles. The largest absolute Gasteiger partial charge is 0.350 e. The van der Waals surface area contributed by atoms with Gasteiger partial charge in [-0.15, -0.1) is 0 Å². The van der Waals surface area contributed by atoms with Gasteiger partial charge in [0.1, 0.15) is 18.4 Å². The summed E-state index contributed by atoms with van der Waals surface area (Å²) >= 11 is 5.97. The van der Waals surface area contributed by atoms with E-state index in [4.69, 9.17) is 11.6 Å². The van der Waals surface area contributed by atoms with E-state index in [2.05, 4.69) is 5.32 Å². The highest BCUT2D eigenvalue weighted by Crippen LogP contribution is 2.26. The van der Waals surface area contributed by atoms with Crippen molar-refractivity contribution < 1.29 is 22.4 Å². The summed E-state index contributed by atoms with van der Waals surface area (Å²) in [5.74, 6) is -1.44.